The lowest BCUT2D eigenvalue weighted by Gasteiger charge is -2.10. The summed E-state index contributed by atoms with van der Waals surface area (Å²) >= 11 is 0. The molecule has 1 aliphatic heterocycles. The summed E-state index contributed by atoms with van der Waals surface area (Å²) in [6.45, 7) is 0.0510. The van der Waals surface area contributed by atoms with Crippen LogP contribution in [-0.2, 0) is 25.7 Å². The van der Waals surface area contributed by atoms with Crippen LogP contribution in [0.3, 0.4) is 0 Å². The number of benzene rings is 1. The average molecular weight is 276 g/mol. The Morgan fingerprint density at radius 2 is 2.05 bits per heavy atom. The summed E-state index contributed by atoms with van der Waals surface area (Å²) in [7, 11) is 0. The van der Waals surface area contributed by atoms with Crippen molar-refractivity contribution in [3.63, 3.8) is 0 Å². The number of esters is 1. The molecule has 6 nitrogen and oxygen atoms in total. The van der Waals surface area contributed by atoms with Gasteiger partial charge < -0.3 is 15.4 Å². The van der Waals surface area contributed by atoms with Gasteiger partial charge in [-0.2, -0.15) is 0 Å². The summed E-state index contributed by atoms with van der Waals surface area (Å²) in [5.74, 6) is -1.10. The van der Waals surface area contributed by atoms with Gasteiger partial charge in [0.15, 0.2) is 6.61 Å². The molecule has 2 rings (SSSR count). The van der Waals surface area contributed by atoms with E-state index in [0.717, 1.165) is 5.56 Å². The molecule has 2 N–H and O–H groups in total. The van der Waals surface area contributed by atoms with E-state index in [0.29, 0.717) is 19.4 Å². The molecule has 1 aliphatic rings. The van der Waals surface area contributed by atoms with Gasteiger partial charge in [0.1, 0.15) is 6.04 Å². The number of nitrogens with one attached hydrogen (secondary N) is 2. The van der Waals surface area contributed by atoms with E-state index < -0.39 is 12.0 Å². The highest BCUT2D eigenvalue weighted by molar-refractivity contribution is 5.89. The second kappa shape index (κ2) is 6.70. The lowest BCUT2D eigenvalue weighted by molar-refractivity contribution is -0.150. The highest BCUT2D eigenvalue weighted by Gasteiger charge is 2.28. The Kier molecular flexibility index (Phi) is 4.70. The van der Waals surface area contributed by atoms with Gasteiger partial charge in [-0.05, 0) is 12.0 Å². The standard InChI is InChI=1S/C14H16N2O4/c17-12-7-6-11(16-12)14(19)20-9-13(18)15-8-10-4-2-1-3-5-10/h1-5,11H,6-9H2,(H,15,18)(H,16,17)/t11-/m0/s1. The first-order valence-electron chi connectivity index (χ1n) is 6.42. The maximum atomic E-state index is 11.6. The van der Waals surface area contributed by atoms with Crippen molar-refractivity contribution in [2.75, 3.05) is 6.61 Å². The summed E-state index contributed by atoms with van der Waals surface area (Å²) in [5.41, 5.74) is 0.968. The fraction of sp³-hybridized carbons (Fsp3) is 0.357. The Labute approximate surface area is 116 Å². The largest absolute Gasteiger partial charge is 0.454 e. The zero-order chi connectivity index (χ0) is 14.4. The number of hydrogen-bond acceptors (Lipinski definition) is 4. The van der Waals surface area contributed by atoms with Crippen LogP contribution in [0.2, 0.25) is 0 Å². The highest BCUT2D eigenvalue weighted by Crippen LogP contribution is 2.07. The molecule has 0 aliphatic carbocycles. The van der Waals surface area contributed by atoms with Crippen LogP contribution in [0.4, 0.5) is 0 Å². The molecule has 1 aromatic rings. The third-order valence-electron chi connectivity index (χ3n) is 2.96. The smallest absolute Gasteiger partial charge is 0.329 e. The van der Waals surface area contributed by atoms with Crippen LogP contribution in [-0.4, -0.2) is 30.4 Å². The van der Waals surface area contributed by atoms with Gasteiger partial charge in [0.2, 0.25) is 5.91 Å². The van der Waals surface area contributed by atoms with E-state index in [9.17, 15) is 14.4 Å². The van der Waals surface area contributed by atoms with Crippen LogP contribution in [0.25, 0.3) is 0 Å². The van der Waals surface area contributed by atoms with Crippen molar-refractivity contribution in [1.29, 1.82) is 0 Å². The Morgan fingerprint density at radius 1 is 1.30 bits per heavy atom. The molecule has 2 amide bonds. The SMILES string of the molecule is O=C(COC(=O)[C@@H]1CCC(=O)N1)NCc1ccccc1. The molecule has 0 saturated carbocycles. The molecule has 106 valence electrons. The molecule has 1 fully saturated rings. The quantitative estimate of drug-likeness (QED) is 0.748. The summed E-state index contributed by atoms with van der Waals surface area (Å²) < 4.78 is 4.86. The van der Waals surface area contributed by atoms with Gasteiger partial charge in [-0.15, -0.1) is 0 Å². The van der Waals surface area contributed by atoms with Crippen LogP contribution in [0, 0.1) is 0 Å². The topological polar surface area (TPSA) is 84.5 Å². The Balaban J connectivity index is 1.67. The van der Waals surface area contributed by atoms with Crippen LogP contribution in [0.1, 0.15) is 18.4 Å². The van der Waals surface area contributed by atoms with Crippen molar-refractivity contribution in [2.45, 2.75) is 25.4 Å². The maximum absolute atomic E-state index is 11.6. The minimum Gasteiger partial charge on any atom is -0.454 e. The van der Waals surface area contributed by atoms with Gasteiger partial charge in [0.05, 0.1) is 0 Å². The summed E-state index contributed by atoms with van der Waals surface area (Å²) in [5, 5.41) is 5.14. The molecule has 1 saturated heterocycles. The molecular weight excluding hydrogens is 260 g/mol. The molecule has 0 unspecified atom stereocenters. The number of carbonyl (C=O) groups is 3. The van der Waals surface area contributed by atoms with Gasteiger partial charge in [0, 0.05) is 13.0 Å². The first-order chi connectivity index (χ1) is 9.65. The normalized spacial score (nSPS) is 17.4. The van der Waals surface area contributed by atoms with Crippen LogP contribution < -0.4 is 10.6 Å². The van der Waals surface area contributed by atoms with E-state index in [2.05, 4.69) is 10.6 Å². The van der Waals surface area contributed by atoms with Gasteiger partial charge in [-0.25, -0.2) is 4.79 Å². The molecule has 6 heteroatoms. The van der Waals surface area contributed by atoms with E-state index in [1.807, 2.05) is 30.3 Å². The van der Waals surface area contributed by atoms with Crippen molar-refractivity contribution in [3.8, 4) is 0 Å². The van der Waals surface area contributed by atoms with Gasteiger partial charge in [-0.1, -0.05) is 30.3 Å². The Morgan fingerprint density at radius 3 is 2.70 bits per heavy atom. The second-order valence-corrected chi connectivity index (χ2v) is 4.53. The van der Waals surface area contributed by atoms with E-state index in [4.69, 9.17) is 4.74 Å². The van der Waals surface area contributed by atoms with Crippen LogP contribution in [0.15, 0.2) is 30.3 Å². The van der Waals surface area contributed by atoms with Gasteiger partial charge in [0.25, 0.3) is 5.91 Å². The minimum atomic E-state index is -0.621. The molecule has 1 heterocycles. The van der Waals surface area contributed by atoms with Gasteiger partial charge >= 0.3 is 5.97 Å². The van der Waals surface area contributed by atoms with Crippen molar-refractivity contribution >= 4 is 17.8 Å². The molecule has 0 spiro atoms. The lowest BCUT2D eigenvalue weighted by Crippen LogP contribution is -2.37. The van der Waals surface area contributed by atoms with Crippen molar-refractivity contribution < 1.29 is 19.1 Å². The number of ether oxygens (including phenoxy) is 1. The molecule has 0 radical (unpaired) electrons. The highest BCUT2D eigenvalue weighted by atomic mass is 16.5. The van der Waals surface area contributed by atoms with E-state index in [-0.39, 0.29) is 18.4 Å². The van der Waals surface area contributed by atoms with E-state index >= 15 is 0 Å². The fourth-order valence-corrected chi connectivity index (χ4v) is 1.88. The lowest BCUT2D eigenvalue weighted by atomic mass is 10.2. The Hall–Kier alpha value is -2.37. The average Bonchev–Trinajstić information content (AvgIpc) is 2.90. The predicted molar refractivity (Wildman–Crippen MR) is 70.4 cm³/mol. The third kappa shape index (κ3) is 4.08. The molecule has 20 heavy (non-hydrogen) atoms. The molecule has 1 aromatic carbocycles. The van der Waals surface area contributed by atoms with Crippen molar-refractivity contribution in [3.05, 3.63) is 35.9 Å². The number of rotatable bonds is 5. The summed E-state index contributed by atoms with van der Waals surface area (Å²) in [6, 6.07) is 8.81. The van der Waals surface area contributed by atoms with Crippen LogP contribution in [0.5, 0.6) is 0 Å². The molecule has 0 bridgehead atoms. The number of amides is 2. The maximum Gasteiger partial charge on any atom is 0.329 e. The number of carbonyl (C=O) groups excluding carboxylic acids is 3. The zero-order valence-electron chi connectivity index (χ0n) is 10.9. The fourth-order valence-electron chi connectivity index (χ4n) is 1.88. The second-order valence-electron chi connectivity index (χ2n) is 4.53. The summed E-state index contributed by atoms with van der Waals surface area (Å²) in [6.07, 6.45) is 0.739. The Bertz CT molecular complexity index is 501. The molecule has 1 atom stereocenters. The molecular formula is C14H16N2O4. The monoisotopic (exact) mass is 276 g/mol. The first kappa shape index (κ1) is 14.0. The number of hydrogen-bond donors (Lipinski definition) is 2. The van der Waals surface area contributed by atoms with E-state index in [1.54, 1.807) is 0 Å². The van der Waals surface area contributed by atoms with E-state index in [1.165, 1.54) is 0 Å². The van der Waals surface area contributed by atoms with Crippen LogP contribution >= 0.6 is 0 Å². The molecule has 0 aromatic heterocycles. The minimum absolute atomic E-state index is 0.166. The summed E-state index contributed by atoms with van der Waals surface area (Å²) in [4.78, 5) is 34.0. The first-order valence-corrected chi connectivity index (χ1v) is 6.42. The third-order valence-corrected chi connectivity index (χ3v) is 2.96. The predicted octanol–water partition coefficient (Wildman–Crippen LogP) is 0.125. The van der Waals surface area contributed by atoms with Gasteiger partial charge in [-0.3, -0.25) is 9.59 Å². The zero-order valence-corrected chi connectivity index (χ0v) is 10.9. The van der Waals surface area contributed by atoms with Crippen molar-refractivity contribution in [1.82, 2.24) is 10.6 Å². The van der Waals surface area contributed by atoms with Crippen molar-refractivity contribution in [2.24, 2.45) is 0 Å².